The Morgan fingerprint density at radius 3 is 0.851 bits per heavy atom. The van der Waals surface area contributed by atoms with E-state index in [1.807, 2.05) is 80.6 Å². The van der Waals surface area contributed by atoms with E-state index >= 15 is 0 Å². The first kappa shape index (κ1) is 112. The molecule has 0 bridgehead atoms. The third-order valence-corrected chi connectivity index (χ3v) is 34.4. The van der Waals surface area contributed by atoms with Gasteiger partial charge in [-0.2, -0.15) is 0 Å². The standard InChI is InChI=1S/C30H39N3O2.C28H37N3O.C21H31N3O.C15H19NO2.C13H18N2.C9H10O2.C7H14N2.C2H6O/c1-21-9-8-10-22(2)28(21)30(35)33-19-25-17-32(18-26(25)20-33)16-15-27(23-11-4-3-5-12-23)31-29(34)24-13-6-7-14-24;32-28(24-13-7-8-14-24)29-27(23-11-5-2-6-12-23)15-16-30-18-25-20-31(21-26(25)19-30)17-22-9-3-1-4-10-22;25-21(17-8-4-5-9-17)23-20(16-6-2-1-3-7-16)10-11-24-14-18-12-22-13-19(18)15-24;17-11-10-14(12-6-2-1-3-7-12)16-15(18)13-8-4-5-9-13;1-2-4-11(5-3-1)8-15-9-12-6-14-7-13(12)10-15;1-6-4-3-5-7(2)8(6)9(10)11;1-9-4-6-2-8-3-7(6)5-9;1-2-3/h3-5,8-12,24-27H,6-7,13-20H2,1-2H3,(H,31,34);1-6,9-12,24-27H,7-8,13-21H2,(H,29,32);1-3,6-7,17-20,22H,4-5,8-15H2,(H,23,25);1-3,6-7,11,13-14H,4-5,8-10H2,(H,16,18);1-5,12-14H,6-10H2;3-5H,1-2H3,(H,10,11);6-8H,2-5H2,1H3;3H,2H2,1H3/t2*25?,26?,27-;18?,19?,20-;14-;;;;/m1110..../s1. The Hall–Kier alpha value is -10.2. The molecule has 10 unspecified atom stereocenters. The van der Waals surface area contributed by atoms with E-state index in [0.717, 1.165) is 229 Å². The number of aryl methyl sites for hydroxylation is 4. The highest BCUT2D eigenvalue weighted by Gasteiger charge is 2.45. The molecule has 9 N–H and O–H groups in total. The molecule has 10 aliphatic heterocycles. The van der Waals surface area contributed by atoms with Crippen LogP contribution in [0, 0.1) is 111 Å². The van der Waals surface area contributed by atoms with Crippen LogP contribution in [0.3, 0.4) is 0 Å². The number of fused-ring (bicyclic) bond motifs is 5. The lowest BCUT2D eigenvalue weighted by molar-refractivity contribution is -0.126. The number of nitrogens with one attached hydrogen (secondary N) is 7. The van der Waals surface area contributed by atoms with Gasteiger partial charge in [0.15, 0.2) is 0 Å². The first-order valence-corrected chi connectivity index (χ1v) is 56.8. The Bertz CT molecular complexity index is 5250. The second kappa shape index (κ2) is 57.9. The largest absolute Gasteiger partial charge is 0.478 e. The molecule has 798 valence electrons. The average Bonchev–Trinajstić information content (AvgIpc) is 1.63. The minimum absolute atomic E-state index is 0.0619. The third-order valence-electron chi connectivity index (χ3n) is 34.4. The van der Waals surface area contributed by atoms with Crippen LogP contribution in [0.15, 0.2) is 218 Å². The van der Waals surface area contributed by atoms with Gasteiger partial charge in [0.2, 0.25) is 23.6 Å². The Labute approximate surface area is 884 Å². The van der Waals surface area contributed by atoms with Crippen molar-refractivity contribution in [1.82, 2.24) is 71.5 Å². The number of amides is 5. The molecular weight excluding hydrogens is 1840 g/mol. The summed E-state index contributed by atoms with van der Waals surface area (Å²) in [6.45, 7) is 38.6. The van der Waals surface area contributed by atoms with E-state index in [1.165, 1.54) is 171 Å². The van der Waals surface area contributed by atoms with Gasteiger partial charge in [0, 0.05) is 167 Å². The normalized spacial score (nSPS) is 24.4. The summed E-state index contributed by atoms with van der Waals surface area (Å²) in [5.41, 5.74) is 12.6. The number of aldehydes is 1. The SMILES string of the molecule is CCO.CN1CC2CNCC2C1.Cc1cccc(C)c1C(=O)N1CC2CN(CC[C@@H](NC(=O)C3CCCC3)c3ccccc3)CC2C1.Cc1cccc(C)c1C(=O)O.O=C(N[C@H](CCN1CC2CN(Cc3ccccc3)CC2C1)c1ccccc1)C1CCCC1.O=C(N[C@H](CCN1CC2CNCC2C1)c1ccccc1)C1CCCC1.O=CC[C@H](NC(=O)C1CCCC1)c1ccccc1.c1ccc(CN2CC3CNCC3C2)cc1. The fourth-order valence-corrected chi connectivity index (χ4v) is 26.3. The highest BCUT2D eigenvalue weighted by molar-refractivity contribution is 5.97. The van der Waals surface area contributed by atoms with E-state index in [4.69, 9.17) is 10.2 Å². The summed E-state index contributed by atoms with van der Waals surface area (Å²) < 4.78 is 0. The average molecular weight is 2020 g/mol. The molecule has 14 atom stereocenters. The zero-order valence-electron chi connectivity index (χ0n) is 89.7. The number of aromatic carboxylic acids is 1. The van der Waals surface area contributed by atoms with Crippen molar-refractivity contribution in [3.05, 3.63) is 285 Å². The first-order chi connectivity index (χ1) is 72.2. The van der Waals surface area contributed by atoms with Gasteiger partial charge in [-0.3, -0.25) is 33.8 Å². The number of carbonyl (C=O) groups is 7. The topological polar surface area (TPSA) is 267 Å². The number of carboxylic acids is 1. The summed E-state index contributed by atoms with van der Waals surface area (Å²) in [6.07, 6.45) is 21.8. The number of aliphatic hydroxyl groups is 1. The number of hydrogen-bond donors (Lipinski definition) is 9. The Balaban J connectivity index is 0.000000134. The van der Waals surface area contributed by atoms with Crippen molar-refractivity contribution in [1.29, 1.82) is 0 Å². The van der Waals surface area contributed by atoms with Crippen LogP contribution in [0.4, 0.5) is 0 Å². The molecule has 22 rings (SSSR count). The predicted molar refractivity (Wildman–Crippen MR) is 593 cm³/mol. The third kappa shape index (κ3) is 32.9. The molecule has 4 saturated carbocycles. The highest BCUT2D eigenvalue weighted by atomic mass is 16.4. The molecular formula is C125H174N14O9. The number of carboxylic acid groups (broad SMARTS) is 1. The van der Waals surface area contributed by atoms with Crippen LogP contribution in [-0.4, -0.2) is 250 Å². The number of aliphatic hydroxyl groups excluding tert-OH is 1. The lowest BCUT2D eigenvalue weighted by atomic mass is 10.0. The summed E-state index contributed by atoms with van der Waals surface area (Å²) in [4.78, 5) is 103. The summed E-state index contributed by atoms with van der Waals surface area (Å²) >= 11 is 0. The minimum atomic E-state index is -0.847. The predicted octanol–water partition coefficient (Wildman–Crippen LogP) is 17.5. The van der Waals surface area contributed by atoms with Gasteiger partial charge in [0.1, 0.15) is 6.29 Å². The van der Waals surface area contributed by atoms with Gasteiger partial charge in [0.05, 0.1) is 29.7 Å². The van der Waals surface area contributed by atoms with Gasteiger partial charge in [-0.25, -0.2) is 4.79 Å². The number of benzene rings is 8. The number of likely N-dealkylation sites (tertiary alicyclic amines) is 7. The second-order valence-corrected chi connectivity index (χ2v) is 45.4. The van der Waals surface area contributed by atoms with E-state index in [2.05, 4.69) is 218 Å². The molecule has 10 heterocycles. The van der Waals surface area contributed by atoms with Gasteiger partial charge >= 0.3 is 5.97 Å². The lowest BCUT2D eigenvalue weighted by Gasteiger charge is -2.26. The lowest BCUT2D eigenvalue weighted by Crippen LogP contribution is -2.37. The van der Waals surface area contributed by atoms with Crippen molar-refractivity contribution in [2.75, 3.05) is 164 Å². The van der Waals surface area contributed by atoms with Crippen LogP contribution in [0.2, 0.25) is 0 Å². The molecule has 0 radical (unpaired) electrons. The monoisotopic (exact) mass is 2020 g/mol. The van der Waals surface area contributed by atoms with E-state index < -0.39 is 5.97 Å². The number of carbonyl (C=O) groups excluding carboxylic acids is 6. The summed E-state index contributed by atoms with van der Waals surface area (Å²) in [5, 5.41) is 39.9. The molecule has 0 aromatic heterocycles. The van der Waals surface area contributed by atoms with Crippen molar-refractivity contribution in [3.8, 4) is 0 Å². The number of rotatable bonds is 29. The molecule has 4 aliphatic carbocycles. The fraction of sp³-hybridized carbons (Fsp3) is 0.560. The first-order valence-electron chi connectivity index (χ1n) is 56.8. The van der Waals surface area contributed by atoms with Crippen LogP contribution in [-0.2, 0) is 37.1 Å². The Morgan fingerprint density at radius 2 is 0.568 bits per heavy atom. The summed E-state index contributed by atoms with van der Waals surface area (Å²) in [7, 11) is 2.22. The molecule has 23 nitrogen and oxygen atoms in total. The van der Waals surface area contributed by atoms with Crippen LogP contribution in [0.5, 0.6) is 0 Å². The van der Waals surface area contributed by atoms with Crippen LogP contribution in [0.1, 0.15) is 236 Å². The second-order valence-electron chi connectivity index (χ2n) is 45.4. The molecule has 10 saturated heterocycles. The van der Waals surface area contributed by atoms with Gasteiger partial charge in [0.25, 0.3) is 5.91 Å². The van der Waals surface area contributed by atoms with E-state index in [0.29, 0.717) is 23.8 Å². The maximum atomic E-state index is 13.3. The molecule has 5 amide bonds. The zero-order chi connectivity index (χ0) is 103. The Morgan fingerprint density at radius 1 is 0.324 bits per heavy atom. The van der Waals surface area contributed by atoms with Crippen molar-refractivity contribution >= 4 is 41.8 Å². The van der Waals surface area contributed by atoms with Crippen molar-refractivity contribution in [2.45, 2.75) is 200 Å². The molecule has 14 fully saturated rings. The van der Waals surface area contributed by atoms with E-state index in [-0.39, 0.29) is 84.0 Å². The molecule has 14 aliphatic rings. The molecule has 0 spiro atoms. The maximum absolute atomic E-state index is 13.3. The van der Waals surface area contributed by atoms with Crippen molar-refractivity contribution in [2.24, 2.45) is 82.9 Å². The van der Waals surface area contributed by atoms with E-state index in [1.54, 1.807) is 32.9 Å². The molecule has 23 heteroatoms. The maximum Gasteiger partial charge on any atom is 0.336 e. The Kier molecular flexibility index (Phi) is 43.8. The molecule has 8 aromatic rings. The quantitative estimate of drug-likeness (QED) is 0.0197. The summed E-state index contributed by atoms with van der Waals surface area (Å²) in [5.74, 6) is 9.13. The fourth-order valence-electron chi connectivity index (χ4n) is 26.3. The number of nitrogens with zero attached hydrogens (tertiary/aromatic N) is 7. The van der Waals surface area contributed by atoms with Crippen molar-refractivity contribution in [3.63, 3.8) is 0 Å². The van der Waals surface area contributed by atoms with Gasteiger partial charge in [-0.15, -0.1) is 0 Å². The van der Waals surface area contributed by atoms with Gasteiger partial charge in [-0.05, 0) is 266 Å². The van der Waals surface area contributed by atoms with Gasteiger partial charge < -0.3 is 76.7 Å². The molecule has 148 heavy (non-hydrogen) atoms. The zero-order valence-corrected chi connectivity index (χ0v) is 89.7. The number of hydrogen-bond acceptors (Lipinski definition) is 17. The van der Waals surface area contributed by atoms with E-state index in [9.17, 15) is 33.6 Å². The van der Waals surface area contributed by atoms with Gasteiger partial charge in [-0.1, -0.05) is 270 Å². The smallest absolute Gasteiger partial charge is 0.336 e. The van der Waals surface area contributed by atoms with Crippen LogP contribution in [0.25, 0.3) is 0 Å². The van der Waals surface area contributed by atoms with Crippen LogP contribution >= 0.6 is 0 Å². The van der Waals surface area contributed by atoms with Crippen LogP contribution < -0.4 is 37.2 Å². The van der Waals surface area contributed by atoms with Crippen molar-refractivity contribution < 1.29 is 43.8 Å². The highest BCUT2D eigenvalue weighted by Crippen LogP contribution is 2.39. The minimum Gasteiger partial charge on any atom is -0.478 e. The molecule has 8 aromatic carbocycles. The summed E-state index contributed by atoms with van der Waals surface area (Å²) in [6, 6.07) is 74.6.